The first-order valence-corrected chi connectivity index (χ1v) is 9.03. The molecule has 0 unspecified atom stereocenters. The molecule has 0 aliphatic carbocycles. The summed E-state index contributed by atoms with van der Waals surface area (Å²) in [6.45, 7) is 4.57. The molecule has 2 aromatic rings. The van der Waals surface area contributed by atoms with Gasteiger partial charge < -0.3 is 4.74 Å². The van der Waals surface area contributed by atoms with Crippen molar-refractivity contribution in [1.82, 2.24) is 0 Å². The molecule has 3 rings (SSSR count). The van der Waals surface area contributed by atoms with Crippen LogP contribution >= 0.6 is 11.8 Å². The standard InChI is InChI=1S/C20H19NO3S/c1-3-14-5-7-15(8-6-14)13-18-19(22)21(20(23)25-18)16-9-11-17(12-10-16)24-4-2/h5-13H,3-4H2,1-2H3/b18-13-. The molecular formula is C20H19NO3S. The first-order chi connectivity index (χ1) is 12.1. The SMILES string of the molecule is CCOc1ccc(N2C(=O)S/C(=C\c3ccc(CC)cc3)C2=O)cc1. The van der Waals surface area contributed by atoms with Crippen LogP contribution in [0.25, 0.3) is 6.08 Å². The Morgan fingerprint density at radius 2 is 1.68 bits per heavy atom. The van der Waals surface area contributed by atoms with Crippen LogP contribution in [-0.4, -0.2) is 17.8 Å². The molecule has 4 nitrogen and oxygen atoms in total. The first kappa shape index (κ1) is 17.3. The molecule has 1 fully saturated rings. The smallest absolute Gasteiger partial charge is 0.298 e. The number of imide groups is 1. The van der Waals surface area contributed by atoms with E-state index in [-0.39, 0.29) is 11.1 Å². The van der Waals surface area contributed by atoms with Crippen molar-refractivity contribution in [2.24, 2.45) is 0 Å². The highest BCUT2D eigenvalue weighted by molar-refractivity contribution is 8.19. The summed E-state index contributed by atoms with van der Waals surface area (Å²) >= 11 is 0.963. The van der Waals surface area contributed by atoms with Gasteiger partial charge in [0.25, 0.3) is 11.1 Å². The quantitative estimate of drug-likeness (QED) is 0.718. The molecule has 0 bridgehead atoms. The fourth-order valence-electron chi connectivity index (χ4n) is 2.55. The lowest BCUT2D eigenvalue weighted by atomic mass is 10.1. The third kappa shape index (κ3) is 3.77. The van der Waals surface area contributed by atoms with Gasteiger partial charge in [-0.05, 0) is 66.6 Å². The van der Waals surface area contributed by atoms with E-state index in [0.29, 0.717) is 22.9 Å². The summed E-state index contributed by atoms with van der Waals surface area (Å²) in [5, 5.41) is -0.286. The van der Waals surface area contributed by atoms with Crippen LogP contribution in [0.1, 0.15) is 25.0 Å². The van der Waals surface area contributed by atoms with Crippen LogP contribution in [0, 0.1) is 0 Å². The normalized spacial score (nSPS) is 15.9. The molecule has 0 aromatic heterocycles. The summed E-state index contributed by atoms with van der Waals surface area (Å²) < 4.78 is 5.39. The Morgan fingerprint density at radius 3 is 2.28 bits per heavy atom. The minimum absolute atomic E-state index is 0.286. The summed E-state index contributed by atoms with van der Waals surface area (Å²) in [7, 11) is 0. The molecule has 0 saturated carbocycles. The first-order valence-electron chi connectivity index (χ1n) is 8.22. The van der Waals surface area contributed by atoms with E-state index in [4.69, 9.17) is 4.74 Å². The van der Waals surface area contributed by atoms with Crippen molar-refractivity contribution in [1.29, 1.82) is 0 Å². The number of carbonyl (C=O) groups is 2. The fourth-order valence-corrected chi connectivity index (χ4v) is 3.39. The number of benzene rings is 2. The monoisotopic (exact) mass is 353 g/mol. The molecule has 0 radical (unpaired) electrons. The van der Waals surface area contributed by atoms with Gasteiger partial charge in [-0.2, -0.15) is 0 Å². The molecule has 2 aromatic carbocycles. The van der Waals surface area contributed by atoms with E-state index in [1.54, 1.807) is 30.3 Å². The van der Waals surface area contributed by atoms with Crippen LogP contribution in [0.15, 0.2) is 53.4 Å². The lowest BCUT2D eigenvalue weighted by Crippen LogP contribution is -2.27. The number of amides is 2. The average Bonchev–Trinajstić information content (AvgIpc) is 2.90. The van der Waals surface area contributed by atoms with E-state index in [1.165, 1.54) is 10.5 Å². The summed E-state index contributed by atoms with van der Waals surface area (Å²) in [5.41, 5.74) is 2.70. The molecular weight excluding hydrogens is 334 g/mol. The van der Waals surface area contributed by atoms with Crippen LogP contribution in [0.5, 0.6) is 5.75 Å². The Kier molecular flexibility index (Phi) is 5.24. The van der Waals surface area contributed by atoms with Crippen LogP contribution in [-0.2, 0) is 11.2 Å². The number of nitrogens with zero attached hydrogens (tertiary/aromatic N) is 1. The second kappa shape index (κ2) is 7.57. The topological polar surface area (TPSA) is 46.6 Å². The van der Waals surface area contributed by atoms with Gasteiger partial charge >= 0.3 is 0 Å². The maximum atomic E-state index is 12.6. The second-order valence-electron chi connectivity index (χ2n) is 5.54. The van der Waals surface area contributed by atoms with Crippen LogP contribution in [0.3, 0.4) is 0 Å². The van der Waals surface area contributed by atoms with Gasteiger partial charge in [-0.25, -0.2) is 4.90 Å². The molecule has 1 heterocycles. The highest BCUT2D eigenvalue weighted by Crippen LogP contribution is 2.36. The van der Waals surface area contributed by atoms with Gasteiger partial charge in [0.1, 0.15) is 5.75 Å². The Balaban J connectivity index is 1.82. The van der Waals surface area contributed by atoms with Crippen molar-refractivity contribution in [3.05, 3.63) is 64.6 Å². The maximum absolute atomic E-state index is 12.6. The van der Waals surface area contributed by atoms with Gasteiger partial charge in [-0.1, -0.05) is 31.2 Å². The number of aryl methyl sites for hydroxylation is 1. The van der Waals surface area contributed by atoms with Gasteiger partial charge in [-0.15, -0.1) is 0 Å². The zero-order valence-corrected chi connectivity index (χ0v) is 15.0. The van der Waals surface area contributed by atoms with E-state index in [2.05, 4.69) is 6.92 Å². The van der Waals surface area contributed by atoms with Gasteiger partial charge in [0.2, 0.25) is 0 Å². The van der Waals surface area contributed by atoms with E-state index in [9.17, 15) is 9.59 Å². The molecule has 2 amide bonds. The minimum atomic E-state index is -0.293. The van der Waals surface area contributed by atoms with Gasteiger partial charge in [0.05, 0.1) is 17.2 Å². The number of hydrogen-bond donors (Lipinski definition) is 0. The minimum Gasteiger partial charge on any atom is -0.494 e. The highest BCUT2D eigenvalue weighted by Gasteiger charge is 2.36. The van der Waals surface area contributed by atoms with Gasteiger partial charge in [0, 0.05) is 0 Å². The third-order valence-electron chi connectivity index (χ3n) is 3.89. The van der Waals surface area contributed by atoms with Crippen molar-refractivity contribution < 1.29 is 14.3 Å². The number of carbonyl (C=O) groups excluding carboxylic acids is 2. The summed E-state index contributed by atoms with van der Waals surface area (Å²) in [4.78, 5) is 26.6. The van der Waals surface area contributed by atoms with Crippen molar-refractivity contribution >= 4 is 34.7 Å². The van der Waals surface area contributed by atoms with Crippen molar-refractivity contribution in [3.8, 4) is 5.75 Å². The Hall–Kier alpha value is -2.53. The Morgan fingerprint density at radius 1 is 1.00 bits per heavy atom. The predicted molar refractivity (Wildman–Crippen MR) is 102 cm³/mol. The molecule has 0 atom stereocenters. The number of anilines is 1. The summed E-state index contributed by atoms with van der Waals surface area (Å²) in [6.07, 6.45) is 2.73. The molecule has 5 heteroatoms. The molecule has 1 saturated heterocycles. The molecule has 1 aliphatic rings. The van der Waals surface area contributed by atoms with Crippen molar-refractivity contribution in [2.75, 3.05) is 11.5 Å². The Bertz CT molecular complexity index is 810. The van der Waals surface area contributed by atoms with Crippen LogP contribution in [0.2, 0.25) is 0 Å². The highest BCUT2D eigenvalue weighted by atomic mass is 32.2. The number of thioether (sulfide) groups is 1. The van der Waals surface area contributed by atoms with E-state index in [0.717, 1.165) is 23.7 Å². The largest absolute Gasteiger partial charge is 0.494 e. The fraction of sp³-hybridized carbons (Fsp3) is 0.200. The average molecular weight is 353 g/mol. The van der Waals surface area contributed by atoms with Gasteiger partial charge in [0.15, 0.2) is 0 Å². The molecule has 0 N–H and O–H groups in total. The number of hydrogen-bond acceptors (Lipinski definition) is 4. The van der Waals surface area contributed by atoms with E-state index in [1.807, 2.05) is 31.2 Å². The molecule has 128 valence electrons. The second-order valence-corrected chi connectivity index (χ2v) is 6.53. The van der Waals surface area contributed by atoms with Crippen LogP contribution in [0.4, 0.5) is 10.5 Å². The van der Waals surface area contributed by atoms with Crippen molar-refractivity contribution in [3.63, 3.8) is 0 Å². The zero-order chi connectivity index (χ0) is 17.8. The molecule has 25 heavy (non-hydrogen) atoms. The maximum Gasteiger partial charge on any atom is 0.298 e. The van der Waals surface area contributed by atoms with E-state index < -0.39 is 0 Å². The van der Waals surface area contributed by atoms with Crippen molar-refractivity contribution in [2.45, 2.75) is 20.3 Å². The number of ether oxygens (including phenoxy) is 1. The summed E-state index contributed by atoms with van der Waals surface area (Å²) in [6, 6.07) is 14.9. The lowest BCUT2D eigenvalue weighted by Gasteiger charge is -2.13. The van der Waals surface area contributed by atoms with Crippen LogP contribution < -0.4 is 9.64 Å². The van der Waals surface area contributed by atoms with Gasteiger partial charge in [-0.3, -0.25) is 9.59 Å². The molecule has 1 aliphatic heterocycles. The van der Waals surface area contributed by atoms with E-state index >= 15 is 0 Å². The molecule has 0 spiro atoms. The Labute approximate surface area is 151 Å². The zero-order valence-electron chi connectivity index (χ0n) is 14.2. The number of rotatable bonds is 5. The third-order valence-corrected chi connectivity index (χ3v) is 4.75. The lowest BCUT2D eigenvalue weighted by molar-refractivity contribution is -0.113. The summed E-state index contributed by atoms with van der Waals surface area (Å²) in [5.74, 6) is 0.420. The predicted octanol–water partition coefficient (Wildman–Crippen LogP) is 4.89.